The topological polar surface area (TPSA) is 75.5 Å². The van der Waals surface area contributed by atoms with Crippen molar-refractivity contribution in [2.45, 2.75) is 0 Å². The van der Waals surface area contributed by atoms with E-state index < -0.39 is 4.92 Å². The SMILES string of the molecule is CN(C(=O)CNc1ccccc1)c1ccc([N+](=O)[O-])cc1. The fraction of sp³-hybridized carbons (Fsp3) is 0.133. The highest BCUT2D eigenvalue weighted by Gasteiger charge is 2.12. The lowest BCUT2D eigenvalue weighted by Crippen LogP contribution is -2.32. The Bertz CT molecular complexity index is 626. The molecule has 0 saturated carbocycles. The van der Waals surface area contributed by atoms with Crippen LogP contribution >= 0.6 is 0 Å². The highest BCUT2D eigenvalue weighted by Crippen LogP contribution is 2.18. The summed E-state index contributed by atoms with van der Waals surface area (Å²) >= 11 is 0. The van der Waals surface area contributed by atoms with Crippen molar-refractivity contribution in [3.05, 3.63) is 64.7 Å². The second-order valence-electron chi connectivity index (χ2n) is 4.45. The Hall–Kier alpha value is -2.89. The molecule has 0 spiro atoms. The van der Waals surface area contributed by atoms with Crippen LogP contribution in [-0.4, -0.2) is 24.4 Å². The molecule has 0 aromatic heterocycles. The van der Waals surface area contributed by atoms with Gasteiger partial charge in [0.25, 0.3) is 5.69 Å². The molecule has 0 aliphatic heterocycles. The zero-order valence-electron chi connectivity index (χ0n) is 11.5. The van der Waals surface area contributed by atoms with E-state index in [9.17, 15) is 14.9 Å². The molecule has 0 saturated heterocycles. The second kappa shape index (κ2) is 6.51. The van der Waals surface area contributed by atoms with Gasteiger partial charge in [0.15, 0.2) is 0 Å². The maximum absolute atomic E-state index is 12.1. The van der Waals surface area contributed by atoms with Gasteiger partial charge in [-0.15, -0.1) is 0 Å². The maximum Gasteiger partial charge on any atom is 0.269 e. The molecule has 0 heterocycles. The molecular formula is C15H15N3O3. The minimum absolute atomic E-state index is 0.00186. The van der Waals surface area contributed by atoms with E-state index in [0.29, 0.717) is 5.69 Å². The van der Waals surface area contributed by atoms with Crippen LogP contribution in [0.1, 0.15) is 0 Å². The van der Waals surface area contributed by atoms with Crippen LogP contribution < -0.4 is 10.2 Å². The molecule has 1 amide bonds. The fourth-order valence-electron chi connectivity index (χ4n) is 1.79. The van der Waals surface area contributed by atoms with Gasteiger partial charge >= 0.3 is 0 Å². The first-order valence-corrected chi connectivity index (χ1v) is 6.38. The Labute approximate surface area is 122 Å². The van der Waals surface area contributed by atoms with Gasteiger partial charge in [-0.2, -0.15) is 0 Å². The molecule has 1 N–H and O–H groups in total. The number of amides is 1. The summed E-state index contributed by atoms with van der Waals surface area (Å²) in [6.45, 7) is 0.150. The number of nitrogens with one attached hydrogen (secondary N) is 1. The third kappa shape index (κ3) is 3.79. The van der Waals surface area contributed by atoms with Gasteiger partial charge in [-0.3, -0.25) is 14.9 Å². The summed E-state index contributed by atoms with van der Waals surface area (Å²) in [4.78, 5) is 23.6. The van der Waals surface area contributed by atoms with Crippen LogP contribution in [0.3, 0.4) is 0 Å². The molecule has 0 aliphatic rings. The van der Waals surface area contributed by atoms with E-state index in [1.807, 2.05) is 30.3 Å². The van der Waals surface area contributed by atoms with Crippen LogP contribution in [0, 0.1) is 10.1 Å². The van der Waals surface area contributed by atoms with Gasteiger partial charge in [0, 0.05) is 30.6 Å². The van der Waals surface area contributed by atoms with Gasteiger partial charge in [0.2, 0.25) is 5.91 Å². The Morgan fingerprint density at radius 3 is 2.33 bits per heavy atom. The number of nitro benzene ring substituents is 1. The molecule has 21 heavy (non-hydrogen) atoms. The molecule has 6 heteroatoms. The number of para-hydroxylation sites is 1. The van der Waals surface area contributed by atoms with Crippen molar-refractivity contribution in [2.24, 2.45) is 0 Å². The van der Waals surface area contributed by atoms with Crippen LogP contribution in [0.25, 0.3) is 0 Å². The van der Waals surface area contributed by atoms with Gasteiger partial charge in [0.1, 0.15) is 0 Å². The number of benzene rings is 2. The van der Waals surface area contributed by atoms with E-state index in [1.165, 1.54) is 17.0 Å². The van der Waals surface area contributed by atoms with Crippen LogP contribution in [0.15, 0.2) is 54.6 Å². The molecule has 108 valence electrons. The normalized spacial score (nSPS) is 9.95. The smallest absolute Gasteiger partial charge is 0.269 e. The average Bonchev–Trinajstić information content (AvgIpc) is 2.53. The summed E-state index contributed by atoms with van der Waals surface area (Å²) in [6.07, 6.45) is 0. The number of rotatable bonds is 5. The number of carbonyl (C=O) groups is 1. The third-order valence-corrected chi connectivity index (χ3v) is 3.04. The summed E-state index contributed by atoms with van der Waals surface area (Å²) < 4.78 is 0. The van der Waals surface area contributed by atoms with Crippen molar-refractivity contribution in [3.8, 4) is 0 Å². The first-order chi connectivity index (χ1) is 10.1. The van der Waals surface area contributed by atoms with E-state index in [-0.39, 0.29) is 18.1 Å². The lowest BCUT2D eigenvalue weighted by atomic mass is 10.2. The van der Waals surface area contributed by atoms with Crippen molar-refractivity contribution >= 4 is 23.0 Å². The number of hydrogen-bond donors (Lipinski definition) is 1. The molecule has 0 radical (unpaired) electrons. The summed E-state index contributed by atoms with van der Waals surface area (Å²) in [6, 6.07) is 15.3. The van der Waals surface area contributed by atoms with Crippen LogP contribution in [0.5, 0.6) is 0 Å². The van der Waals surface area contributed by atoms with E-state index in [1.54, 1.807) is 19.2 Å². The number of hydrogen-bond acceptors (Lipinski definition) is 4. The van der Waals surface area contributed by atoms with Gasteiger partial charge in [0.05, 0.1) is 11.5 Å². The number of anilines is 2. The lowest BCUT2D eigenvalue weighted by Gasteiger charge is -2.17. The molecule has 0 bridgehead atoms. The highest BCUT2D eigenvalue weighted by molar-refractivity contribution is 5.95. The van der Waals surface area contributed by atoms with Crippen molar-refractivity contribution in [1.29, 1.82) is 0 Å². The Kier molecular flexibility index (Phi) is 4.50. The molecule has 0 atom stereocenters. The number of non-ortho nitro benzene ring substituents is 1. The summed E-state index contributed by atoms with van der Waals surface area (Å²) in [5.74, 6) is -0.132. The van der Waals surface area contributed by atoms with Crippen LogP contribution in [0.4, 0.5) is 17.1 Å². The summed E-state index contributed by atoms with van der Waals surface area (Å²) in [5, 5.41) is 13.6. The van der Waals surface area contributed by atoms with Gasteiger partial charge in [-0.25, -0.2) is 0 Å². The standard InChI is InChI=1S/C15H15N3O3/c1-17(13-7-9-14(10-8-13)18(20)21)15(19)11-16-12-5-3-2-4-6-12/h2-10,16H,11H2,1H3. The summed E-state index contributed by atoms with van der Waals surface area (Å²) in [7, 11) is 1.64. The molecular weight excluding hydrogens is 270 g/mol. The van der Waals surface area contributed by atoms with E-state index in [4.69, 9.17) is 0 Å². The first kappa shape index (κ1) is 14.5. The number of carbonyl (C=O) groups excluding carboxylic acids is 1. The van der Waals surface area contributed by atoms with Crippen molar-refractivity contribution in [2.75, 3.05) is 23.8 Å². The fourth-order valence-corrected chi connectivity index (χ4v) is 1.79. The van der Waals surface area contributed by atoms with Gasteiger partial charge in [-0.05, 0) is 24.3 Å². The van der Waals surface area contributed by atoms with E-state index >= 15 is 0 Å². The minimum Gasteiger partial charge on any atom is -0.376 e. The molecule has 0 fully saturated rings. The average molecular weight is 285 g/mol. The van der Waals surface area contributed by atoms with Crippen LogP contribution in [-0.2, 0) is 4.79 Å². The quantitative estimate of drug-likeness (QED) is 0.677. The van der Waals surface area contributed by atoms with Gasteiger partial charge < -0.3 is 10.2 Å². The van der Waals surface area contributed by atoms with E-state index in [0.717, 1.165) is 5.69 Å². The van der Waals surface area contributed by atoms with Crippen molar-refractivity contribution in [1.82, 2.24) is 0 Å². The largest absolute Gasteiger partial charge is 0.376 e. The Morgan fingerprint density at radius 2 is 1.76 bits per heavy atom. The lowest BCUT2D eigenvalue weighted by molar-refractivity contribution is -0.384. The molecule has 0 aliphatic carbocycles. The minimum atomic E-state index is -0.470. The Morgan fingerprint density at radius 1 is 1.14 bits per heavy atom. The van der Waals surface area contributed by atoms with Crippen molar-refractivity contribution in [3.63, 3.8) is 0 Å². The molecule has 2 aromatic rings. The molecule has 2 rings (SSSR count). The third-order valence-electron chi connectivity index (χ3n) is 3.04. The molecule has 0 unspecified atom stereocenters. The number of likely N-dealkylation sites (N-methyl/N-ethyl adjacent to an activating group) is 1. The zero-order chi connectivity index (χ0) is 15.2. The highest BCUT2D eigenvalue weighted by atomic mass is 16.6. The number of nitrogens with zero attached hydrogens (tertiary/aromatic N) is 2. The maximum atomic E-state index is 12.1. The van der Waals surface area contributed by atoms with Gasteiger partial charge in [-0.1, -0.05) is 18.2 Å². The van der Waals surface area contributed by atoms with Crippen molar-refractivity contribution < 1.29 is 9.72 Å². The predicted molar refractivity (Wildman–Crippen MR) is 81.4 cm³/mol. The van der Waals surface area contributed by atoms with E-state index in [2.05, 4.69) is 5.32 Å². The molecule has 6 nitrogen and oxygen atoms in total. The number of nitro groups is 1. The first-order valence-electron chi connectivity index (χ1n) is 6.38. The monoisotopic (exact) mass is 285 g/mol. The molecule has 2 aromatic carbocycles. The van der Waals surface area contributed by atoms with Crippen LogP contribution in [0.2, 0.25) is 0 Å². The second-order valence-corrected chi connectivity index (χ2v) is 4.45. The predicted octanol–water partition coefficient (Wildman–Crippen LogP) is 2.67. The Balaban J connectivity index is 1.97. The zero-order valence-corrected chi connectivity index (χ0v) is 11.5. The summed E-state index contributed by atoms with van der Waals surface area (Å²) in [5.41, 5.74) is 1.48.